The molecule has 0 bridgehead atoms. The first-order valence-corrected chi connectivity index (χ1v) is 6.52. The minimum Gasteiger partial charge on any atom is -0.481 e. The number of amides is 4. The second-order valence-corrected chi connectivity index (χ2v) is 5.12. The number of hydrogen-bond acceptors (Lipinski definition) is 4. The Labute approximate surface area is 115 Å². The van der Waals surface area contributed by atoms with E-state index in [-0.39, 0.29) is 13.1 Å². The van der Waals surface area contributed by atoms with Crippen LogP contribution in [-0.2, 0) is 14.4 Å². The number of hydrogen-bond donors (Lipinski definition) is 2. The molecule has 0 aliphatic carbocycles. The van der Waals surface area contributed by atoms with Crippen LogP contribution in [0.2, 0.25) is 0 Å². The standard InChI is InChI=1S/C12H17N3O5/c1-7-10(17)13-9(16)6-15(7)12(20)14-4-2-3-8(5-14)11(18)19/h7-8H,2-6H2,1H3,(H,18,19)(H,13,16,17)/t7?,8-/m0/s1. The van der Waals surface area contributed by atoms with Gasteiger partial charge in [0.15, 0.2) is 0 Å². The predicted octanol–water partition coefficient (Wildman–Crippen LogP) is -0.750. The number of piperazine rings is 1. The summed E-state index contributed by atoms with van der Waals surface area (Å²) in [6.45, 7) is 1.92. The number of urea groups is 1. The molecule has 0 aromatic rings. The van der Waals surface area contributed by atoms with Crippen LogP contribution in [0.15, 0.2) is 0 Å². The summed E-state index contributed by atoms with van der Waals surface area (Å²) in [6, 6.07) is -1.18. The van der Waals surface area contributed by atoms with Gasteiger partial charge in [-0.2, -0.15) is 0 Å². The summed E-state index contributed by atoms with van der Waals surface area (Å²) in [5, 5.41) is 11.2. The van der Waals surface area contributed by atoms with Crippen LogP contribution in [0.4, 0.5) is 4.79 Å². The third-order valence-corrected chi connectivity index (χ3v) is 3.71. The summed E-state index contributed by atoms with van der Waals surface area (Å²) in [5.74, 6) is -2.55. The fourth-order valence-corrected chi connectivity index (χ4v) is 2.48. The smallest absolute Gasteiger partial charge is 0.321 e. The van der Waals surface area contributed by atoms with Crippen molar-refractivity contribution in [3.8, 4) is 0 Å². The van der Waals surface area contributed by atoms with Crippen LogP contribution in [0, 0.1) is 5.92 Å². The topological polar surface area (TPSA) is 107 Å². The number of piperidine rings is 1. The summed E-state index contributed by atoms with van der Waals surface area (Å²) in [6.07, 6.45) is 1.14. The van der Waals surface area contributed by atoms with Crippen molar-refractivity contribution >= 4 is 23.8 Å². The van der Waals surface area contributed by atoms with Crippen molar-refractivity contribution in [1.82, 2.24) is 15.1 Å². The molecule has 2 atom stereocenters. The highest BCUT2D eigenvalue weighted by Gasteiger charge is 2.37. The van der Waals surface area contributed by atoms with Crippen molar-refractivity contribution in [2.75, 3.05) is 19.6 Å². The lowest BCUT2D eigenvalue weighted by Gasteiger charge is -2.38. The molecule has 2 N–H and O–H groups in total. The highest BCUT2D eigenvalue weighted by molar-refractivity contribution is 6.03. The van der Waals surface area contributed by atoms with Crippen LogP contribution in [0.3, 0.4) is 0 Å². The molecule has 1 unspecified atom stereocenters. The fourth-order valence-electron chi connectivity index (χ4n) is 2.48. The van der Waals surface area contributed by atoms with Gasteiger partial charge in [-0.3, -0.25) is 19.7 Å². The van der Waals surface area contributed by atoms with Gasteiger partial charge in [0.25, 0.3) is 0 Å². The zero-order valence-corrected chi connectivity index (χ0v) is 11.2. The van der Waals surface area contributed by atoms with E-state index in [9.17, 15) is 19.2 Å². The molecule has 4 amide bonds. The lowest BCUT2D eigenvalue weighted by molar-refractivity contribution is -0.144. The summed E-state index contributed by atoms with van der Waals surface area (Å²) >= 11 is 0. The Hall–Kier alpha value is -2.12. The minimum absolute atomic E-state index is 0.118. The van der Waals surface area contributed by atoms with E-state index in [1.165, 1.54) is 16.7 Å². The molecule has 0 aromatic heterocycles. The maximum Gasteiger partial charge on any atom is 0.321 e. The molecule has 8 heteroatoms. The number of nitrogens with zero attached hydrogens (tertiary/aromatic N) is 2. The van der Waals surface area contributed by atoms with Crippen molar-refractivity contribution in [1.29, 1.82) is 0 Å². The average molecular weight is 283 g/mol. The highest BCUT2D eigenvalue weighted by atomic mass is 16.4. The Morgan fingerprint density at radius 3 is 2.70 bits per heavy atom. The van der Waals surface area contributed by atoms with Crippen molar-refractivity contribution in [3.63, 3.8) is 0 Å². The van der Waals surface area contributed by atoms with Gasteiger partial charge < -0.3 is 14.9 Å². The number of carboxylic acids is 1. The molecule has 0 radical (unpaired) electrons. The Kier molecular flexibility index (Phi) is 3.91. The SMILES string of the molecule is CC1C(=O)NC(=O)CN1C(=O)N1CCC[C@H](C(=O)O)C1. The highest BCUT2D eigenvalue weighted by Crippen LogP contribution is 2.19. The van der Waals surface area contributed by atoms with Gasteiger partial charge in [-0.25, -0.2) is 4.79 Å². The summed E-state index contributed by atoms with van der Waals surface area (Å²) in [7, 11) is 0. The molecular formula is C12H17N3O5. The number of carboxylic acid groups (broad SMARTS) is 1. The van der Waals surface area contributed by atoms with Gasteiger partial charge in [0.05, 0.1) is 5.92 Å². The summed E-state index contributed by atoms with van der Waals surface area (Å²) in [5.41, 5.74) is 0. The number of carbonyl (C=O) groups excluding carboxylic acids is 3. The van der Waals surface area contributed by atoms with E-state index >= 15 is 0 Å². The number of carbonyl (C=O) groups is 4. The molecule has 0 saturated carbocycles. The summed E-state index contributed by atoms with van der Waals surface area (Å²) < 4.78 is 0. The zero-order chi connectivity index (χ0) is 14.9. The molecule has 2 heterocycles. The van der Waals surface area contributed by atoms with Crippen molar-refractivity contribution in [2.45, 2.75) is 25.8 Å². The van der Waals surface area contributed by atoms with Crippen LogP contribution >= 0.6 is 0 Å². The minimum atomic E-state index is -0.928. The van der Waals surface area contributed by atoms with Gasteiger partial charge in [-0.1, -0.05) is 0 Å². The molecule has 2 rings (SSSR count). The van der Waals surface area contributed by atoms with E-state index in [0.717, 1.165) is 0 Å². The Morgan fingerprint density at radius 1 is 1.35 bits per heavy atom. The molecular weight excluding hydrogens is 266 g/mol. The molecule has 0 spiro atoms. The third kappa shape index (κ3) is 2.73. The number of rotatable bonds is 1. The van der Waals surface area contributed by atoms with Gasteiger partial charge in [0.2, 0.25) is 11.8 Å². The van der Waals surface area contributed by atoms with Gasteiger partial charge in [0.1, 0.15) is 12.6 Å². The normalized spacial score (nSPS) is 27.2. The number of nitrogens with one attached hydrogen (secondary N) is 1. The number of aliphatic carboxylic acids is 1. The van der Waals surface area contributed by atoms with E-state index < -0.39 is 35.8 Å². The molecule has 2 saturated heterocycles. The monoisotopic (exact) mass is 283 g/mol. The lowest BCUT2D eigenvalue weighted by Crippen LogP contribution is -2.62. The first-order chi connectivity index (χ1) is 9.40. The molecule has 20 heavy (non-hydrogen) atoms. The average Bonchev–Trinajstić information content (AvgIpc) is 2.42. The van der Waals surface area contributed by atoms with Gasteiger partial charge in [0, 0.05) is 13.1 Å². The van der Waals surface area contributed by atoms with E-state index in [4.69, 9.17) is 5.11 Å². The maximum atomic E-state index is 12.3. The number of imide groups is 1. The zero-order valence-electron chi connectivity index (χ0n) is 11.2. The second-order valence-electron chi connectivity index (χ2n) is 5.12. The first kappa shape index (κ1) is 14.3. The van der Waals surface area contributed by atoms with Crippen LogP contribution < -0.4 is 5.32 Å². The van der Waals surface area contributed by atoms with Gasteiger partial charge >= 0.3 is 12.0 Å². The van der Waals surface area contributed by atoms with Gasteiger partial charge in [-0.15, -0.1) is 0 Å². The van der Waals surface area contributed by atoms with Crippen molar-refractivity contribution in [3.05, 3.63) is 0 Å². The lowest BCUT2D eigenvalue weighted by atomic mass is 9.98. The molecule has 0 aromatic carbocycles. The second kappa shape index (κ2) is 5.48. The van der Waals surface area contributed by atoms with E-state index in [0.29, 0.717) is 19.4 Å². The Balaban J connectivity index is 2.08. The van der Waals surface area contributed by atoms with Crippen LogP contribution in [-0.4, -0.2) is 64.4 Å². The van der Waals surface area contributed by atoms with Crippen LogP contribution in [0.25, 0.3) is 0 Å². The van der Waals surface area contributed by atoms with Crippen LogP contribution in [0.5, 0.6) is 0 Å². The van der Waals surface area contributed by atoms with Crippen molar-refractivity contribution in [2.24, 2.45) is 5.92 Å². The third-order valence-electron chi connectivity index (χ3n) is 3.71. The molecule has 110 valence electrons. The predicted molar refractivity (Wildman–Crippen MR) is 66.6 cm³/mol. The maximum absolute atomic E-state index is 12.3. The summed E-state index contributed by atoms with van der Waals surface area (Å²) in [4.78, 5) is 48.8. The first-order valence-electron chi connectivity index (χ1n) is 6.52. The molecule has 2 aliphatic rings. The van der Waals surface area contributed by atoms with E-state index in [1.54, 1.807) is 0 Å². The fraction of sp³-hybridized carbons (Fsp3) is 0.667. The Bertz CT molecular complexity index is 464. The van der Waals surface area contributed by atoms with Crippen molar-refractivity contribution < 1.29 is 24.3 Å². The largest absolute Gasteiger partial charge is 0.481 e. The molecule has 8 nitrogen and oxygen atoms in total. The van der Waals surface area contributed by atoms with E-state index in [2.05, 4.69) is 5.32 Å². The van der Waals surface area contributed by atoms with Gasteiger partial charge in [-0.05, 0) is 19.8 Å². The number of likely N-dealkylation sites (tertiary alicyclic amines) is 1. The molecule has 2 fully saturated rings. The van der Waals surface area contributed by atoms with Crippen LogP contribution in [0.1, 0.15) is 19.8 Å². The Morgan fingerprint density at radius 2 is 2.05 bits per heavy atom. The quantitative estimate of drug-likeness (QED) is 0.616. The van der Waals surface area contributed by atoms with E-state index in [1.807, 2.05) is 0 Å². The molecule has 2 aliphatic heterocycles.